The van der Waals surface area contributed by atoms with E-state index in [1.807, 2.05) is 38.1 Å². The Bertz CT molecular complexity index is 1250. The number of hydrogen-bond acceptors (Lipinski definition) is 4. The van der Waals surface area contributed by atoms with Crippen LogP contribution >= 0.6 is 11.6 Å². The number of halogens is 1. The van der Waals surface area contributed by atoms with E-state index in [9.17, 15) is 14.7 Å². The van der Waals surface area contributed by atoms with Gasteiger partial charge in [0.2, 0.25) is 0 Å². The summed E-state index contributed by atoms with van der Waals surface area (Å²) < 4.78 is 5.68. The van der Waals surface area contributed by atoms with Crippen LogP contribution in [0.2, 0.25) is 5.02 Å². The SMILES string of the molecule is CCCOc1cccc(/C(O)=C2\C(=O)C(=O)N(c3cccc(Cl)c3)C2c2cccc(C)c2)c1. The lowest BCUT2D eigenvalue weighted by Gasteiger charge is -2.26. The molecule has 1 amide bonds. The predicted octanol–water partition coefficient (Wildman–Crippen LogP) is 6.06. The quantitative estimate of drug-likeness (QED) is 0.275. The summed E-state index contributed by atoms with van der Waals surface area (Å²) in [5, 5.41) is 11.7. The van der Waals surface area contributed by atoms with Crippen molar-refractivity contribution in [2.24, 2.45) is 0 Å². The fourth-order valence-corrected chi connectivity index (χ4v) is 4.17. The van der Waals surface area contributed by atoms with Crippen LogP contribution in [-0.4, -0.2) is 23.4 Å². The first-order valence-corrected chi connectivity index (χ1v) is 11.1. The number of anilines is 1. The smallest absolute Gasteiger partial charge is 0.300 e. The number of aliphatic hydroxyl groups excluding tert-OH is 1. The van der Waals surface area contributed by atoms with E-state index < -0.39 is 17.7 Å². The molecule has 6 heteroatoms. The summed E-state index contributed by atoms with van der Waals surface area (Å²) in [6.45, 7) is 4.47. The third kappa shape index (κ3) is 4.50. The predicted molar refractivity (Wildman–Crippen MR) is 130 cm³/mol. The van der Waals surface area contributed by atoms with E-state index in [0.29, 0.717) is 34.2 Å². The van der Waals surface area contributed by atoms with Crippen molar-refractivity contribution in [3.8, 4) is 5.75 Å². The van der Waals surface area contributed by atoms with Crippen molar-refractivity contribution in [1.29, 1.82) is 0 Å². The zero-order chi connectivity index (χ0) is 23.5. The molecule has 1 heterocycles. The van der Waals surface area contributed by atoms with E-state index >= 15 is 0 Å². The van der Waals surface area contributed by atoms with Crippen molar-refractivity contribution < 1.29 is 19.4 Å². The van der Waals surface area contributed by atoms with Crippen LogP contribution in [-0.2, 0) is 9.59 Å². The van der Waals surface area contributed by atoms with Crippen LogP contribution in [0.3, 0.4) is 0 Å². The van der Waals surface area contributed by atoms with Crippen LogP contribution in [0.4, 0.5) is 5.69 Å². The van der Waals surface area contributed by atoms with Gasteiger partial charge in [-0.15, -0.1) is 0 Å². The van der Waals surface area contributed by atoms with Gasteiger partial charge in [-0.2, -0.15) is 0 Å². The fourth-order valence-electron chi connectivity index (χ4n) is 3.99. The Hall–Kier alpha value is -3.57. The lowest BCUT2D eigenvalue weighted by Crippen LogP contribution is -2.29. The first kappa shape index (κ1) is 22.6. The molecular formula is C27H24ClNO4. The maximum Gasteiger partial charge on any atom is 0.300 e. The van der Waals surface area contributed by atoms with E-state index in [2.05, 4.69) is 0 Å². The third-order valence-electron chi connectivity index (χ3n) is 5.47. The van der Waals surface area contributed by atoms with Crippen LogP contribution in [0.1, 0.15) is 36.1 Å². The molecule has 1 unspecified atom stereocenters. The highest BCUT2D eigenvalue weighted by Crippen LogP contribution is 2.43. The zero-order valence-corrected chi connectivity index (χ0v) is 19.2. The van der Waals surface area contributed by atoms with Gasteiger partial charge in [-0.1, -0.05) is 66.6 Å². The largest absolute Gasteiger partial charge is 0.507 e. The summed E-state index contributed by atoms with van der Waals surface area (Å²) >= 11 is 6.18. The van der Waals surface area contributed by atoms with E-state index in [4.69, 9.17) is 16.3 Å². The number of Topliss-reactive ketones (excluding diaryl/α,β-unsaturated/α-hetero) is 1. The van der Waals surface area contributed by atoms with Gasteiger partial charge >= 0.3 is 0 Å². The average molecular weight is 462 g/mol. The van der Waals surface area contributed by atoms with Gasteiger partial charge in [0.15, 0.2) is 0 Å². The van der Waals surface area contributed by atoms with Gasteiger partial charge in [0, 0.05) is 16.3 Å². The van der Waals surface area contributed by atoms with Crippen LogP contribution in [0.15, 0.2) is 78.4 Å². The molecule has 1 saturated heterocycles. The molecule has 1 atom stereocenters. The molecule has 0 aromatic heterocycles. The number of ether oxygens (including phenoxy) is 1. The summed E-state index contributed by atoms with van der Waals surface area (Å²) in [5.41, 5.74) is 2.60. The summed E-state index contributed by atoms with van der Waals surface area (Å²) in [4.78, 5) is 27.8. The number of carbonyl (C=O) groups is 2. The molecule has 33 heavy (non-hydrogen) atoms. The van der Waals surface area contributed by atoms with Gasteiger partial charge in [0.25, 0.3) is 11.7 Å². The summed E-state index contributed by atoms with van der Waals surface area (Å²) in [7, 11) is 0. The molecule has 1 N–H and O–H groups in total. The van der Waals surface area contributed by atoms with E-state index in [1.54, 1.807) is 48.5 Å². The normalized spacial score (nSPS) is 17.4. The molecule has 0 bridgehead atoms. The van der Waals surface area contributed by atoms with Crippen molar-refractivity contribution in [3.63, 3.8) is 0 Å². The standard InChI is InChI=1S/C27H24ClNO4/c1-3-13-33-22-12-5-9-19(15-22)25(30)23-24(18-8-4-7-17(2)14-18)29(27(32)26(23)31)21-11-6-10-20(28)16-21/h4-12,14-16,24,30H,3,13H2,1-2H3/b25-23+. The number of ketones is 1. The zero-order valence-electron chi connectivity index (χ0n) is 18.4. The van der Waals surface area contributed by atoms with Crippen LogP contribution in [0, 0.1) is 6.92 Å². The number of nitrogens with zero attached hydrogens (tertiary/aromatic N) is 1. The maximum absolute atomic E-state index is 13.2. The van der Waals surface area contributed by atoms with Gasteiger partial charge in [0.05, 0.1) is 18.2 Å². The molecule has 0 radical (unpaired) electrons. The number of aliphatic hydroxyl groups is 1. The second-order valence-electron chi connectivity index (χ2n) is 7.94. The molecule has 168 valence electrons. The van der Waals surface area contributed by atoms with Crippen molar-refractivity contribution in [1.82, 2.24) is 0 Å². The Morgan fingerprint density at radius 2 is 1.79 bits per heavy atom. The number of carbonyl (C=O) groups excluding carboxylic acids is 2. The van der Waals surface area contributed by atoms with E-state index in [0.717, 1.165) is 12.0 Å². The van der Waals surface area contributed by atoms with Gasteiger partial charge in [-0.05, 0) is 49.2 Å². The molecule has 5 nitrogen and oxygen atoms in total. The first-order chi connectivity index (χ1) is 15.9. The molecule has 4 rings (SSSR count). The number of amides is 1. The maximum atomic E-state index is 13.2. The lowest BCUT2D eigenvalue weighted by molar-refractivity contribution is -0.132. The monoisotopic (exact) mass is 461 g/mol. The summed E-state index contributed by atoms with van der Waals surface area (Å²) in [6.07, 6.45) is 0.842. The van der Waals surface area contributed by atoms with Crippen LogP contribution < -0.4 is 9.64 Å². The highest BCUT2D eigenvalue weighted by Gasteiger charge is 2.47. The van der Waals surface area contributed by atoms with Gasteiger partial charge in [-0.25, -0.2) is 0 Å². The molecule has 1 fully saturated rings. The van der Waals surface area contributed by atoms with Crippen molar-refractivity contribution in [2.75, 3.05) is 11.5 Å². The number of benzene rings is 3. The van der Waals surface area contributed by atoms with Crippen molar-refractivity contribution in [3.05, 3.63) is 100 Å². The lowest BCUT2D eigenvalue weighted by atomic mass is 9.94. The summed E-state index contributed by atoms with van der Waals surface area (Å²) in [5.74, 6) is -1.13. The number of rotatable bonds is 6. The highest BCUT2D eigenvalue weighted by molar-refractivity contribution is 6.51. The number of aryl methyl sites for hydroxylation is 1. The molecule has 3 aromatic rings. The Morgan fingerprint density at radius 1 is 1.03 bits per heavy atom. The minimum absolute atomic E-state index is 0.0261. The van der Waals surface area contributed by atoms with Crippen LogP contribution in [0.25, 0.3) is 5.76 Å². The molecule has 3 aromatic carbocycles. The topological polar surface area (TPSA) is 66.8 Å². The minimum atomic E-state index is -0.802. The summed E-state index contributed by atoms with van der Waals surface area (Å²) in [6, 6.07) is 20.4. The highest BCUT2D eigenvalue weighted by atomic mass is 35.5. The molecular weight excluding hydrogens is 438 g/mol. The Morgan fingerprint density at radius 3 is 2.52 bits per heavy atom. The van der Waals surface area contributed by atoms with Crippen molar-refractivity contribution >= 4 is 34.7 Å². The Kier molecular flexibility index (Phi) is 6.52. The van der Waals surface area contributed by atoms with Crippen molar-refractivity contribution in [2.45, 2.75) is 26.3 Å². The fraction of sp³-hybridized carbons (Fsp3) is 0.185. The molecule has 0 aliphatic carbocycles. The minimum Gasteiger partial charge on any atom is -0.507 e. The van der Waals surface area contributed by atoms with Gasteiger partial charge in [0.1, 0.15) is 11.5 Å². The molecule has 0 saturated carbocycles. The van der Waals surface area contributed by atoms with E-state index in [-0.39, 0.29) is 11.3 Å². The molecule has 1 aliphatic rings. The Labute approximate surface area is 197 Å². The second-order valence-corrected chi connectivity index (χ2v) is 8.38. The third-order valence-corrected chi connectivity index (χ3v) is 5.70. The van der Waals surface area contributed by atoms with Gasteiger partial charge < -0.3 is 9.84 Å². The van der Waals surface area contributed by atoms with E-state index in [1.165, 1.54) is 4.90 Å². The Balaban J connectivity index is 1.90. The average Bonchev–Trinajstić information content (AvgIpc) is 3.08. The number of hydrogen-bond donors (Lipinski definition) is 1. The second kappa shape index (κ2) is 9.51. The molecule has 0 spiro atoms. The first-order valence-electron chi connectivity index (χ1n) is 10.8. The van der Waals surface area contributed by atoms with Gasteiger partial charge in [-0.3, -0.25) is 14.5 Å². The van der Waals surface area contributed by atoms with Crippen LogP contribution in [0.5, 0.6) is 5.75 Å². The molecule has 1 aliphatic heterocycles.